The summed E-state index contributed by atoms with van der Waals surface area (Å²) in [4.78, 5) is 24.8. The minimum absolute atomic E-state index is 0.247. The van der Waals surface area contributed by atoms with Gasteiger partial charge >= 0.3 is 5.97 Å². The molecule has 0 heterocycles. The number of benzene rings is 1. The van der Waals surface area contributed by atoms with Crippen molar-refractivity contribution >= 4 is 11.9 Å². The van der Waals surface area contributed by atoms with E-state index in [1.807, 2.05) is 13.8 Å². The van der Waals surface area contributed by atoms with Gasteiger partial charge in [0.25, 0.3) is 5.91 Å². The van der Waals surface area contributed by atoms with E-state index in [0.717, 1.165) is 30.6 Å². The van der Waals surface area contributed by atoms with Gasteiger partial charge in [0.05, 0.1) is 13.7 Å². The van der Waals surface area contributed by atoms with Crippen molar-refractivity contribution in [3.63, 3.8) is 0 Å². The molecule has 1 fully saturated rings. The van der Waals surface area contributed by atoms with Crippen LogP contribution in [-0.4, -0.2) is 31.1 Å². The third kappa shape index (κ3) is 3.84. The first-order valence-corrected chi connectivity index (χ1v) is 8.17. The number of hydrogen-bond acceptors (Lipinski definition) is 4. The molecule has 2 rings (SSSR count). The maximum atomic E-state index is 12.6. The summed E-state index contributed by atoms with van der Waals surface area (Å²) in [6.07, 6.45) is 4.16. The van der Waals surface area contributed by atoms with Crippen LogP contribution in [0.3, 0.4) is 0 Å². The summed E-state index contributed by atoms with van der Waals surface area (Å²) < 4.78 is 10.4. The minimum Gasteiger partial charge on any atom is -0.494 e. The number of amides is 1. The first-order valence-electron chi connectivity index (χ1n) is 8.17. The molecule has 0 atom stereocenters. The standard InChI is InChI=1S/C18H25NO4/c1-4-23-15-9-8-14(12-13(15)2)16(20)19-18(17(21)22-3)10-6-5-7-11-18/h8-9,12H,4-7,10-11H2,1-3H3,(H,19,20). The first-order chi connectivity index (χ1) is 11.0. The smallest absolute Gasteiger partial charge is 0.331 e. The number of carbonyl (C=O) groups excluding carboxylic acids is 2. The van der Waals surface area contributed by atoms with Gasteiger partial charge in [-0.05, 0) is 50.5 Å². The predicted octanol–water partition coefficient (Wildman–Crippen LogP) is 3.00. The van der Waals surface area contributed by atoms with Crippen molar-refractivity contribution < 1.29 is 19.1 Å². The van der Waals surface area contributed by atoms with Crippen molar-refractivity contribution in [2.24, 2.45) is 0 Å². The molecule has 1 amide bonds. The number of nitrogens with one attached hydrogen (secondary N) is 1. The summed E-state index contributed by atoms with van der Waals surface area (Å²) in [7, 11) is 1.37. The Morgan fingerprint density at radius 1 is 1.22 bits per heavy atom. The second-order valence-corrected chi connectivity index (χ2v) is 6.00. The summed E-state index contributed by atoms with van der Waals surface area (Å²) in [6.45, 7) is 4.40. The molecule has 1 aromatic rings. The van der Waals surface area contributed by atoms with E-state index in [1.165, 1.54) is 7.11 Å². The molecule has 1 N–H and O–H groups in total. The Bertz CT molecular complexity index is 576. The molecular weight excluding hydrogens is 294 g/mol. The number of hydrogen-bond donors (Lipinski definition) is 1. The predicted molar refractivity (Wildman–Crippen MR) is 87.6 cm³/mol. The lowest BCUT2D eigenvalue weighted by molar-refractivity contribution is -0.149. The number of aryl methyl sites for hydroxylation is 1. The van der Waals surface area contributed by atoms with E-state index in [4.69, 9.17) is 9.47 Å². The quantitative estimate of drug-likeness (QED) is 0.847. The van der Waals surface area contributed by atoms with Gasteiger partial charge < -0.3 is 14.8 Å². The summed E-state index contributed by atoms with van der Waals surface area (Å²) >= 11 is 0. The Labute approximate surface area is 137 Å². The first kappa shape index (κ1) is 17.3. The van der Waals surface area contributed by atoms with Gasteiger partial charge in [0.1, 0.15) is 11.3 Å². The van der Waals surface area contributed by atoms with Crippen LogP contribution < -0.4 is 10.1 Å². The van der Waals surface area contributed by atoms with Crippen molar-refractivity contribution in [2.75, 3.05) is 13.7 Å². The summed E-state index contributed by atoms with van der Waals surface area (Å²) in [5, 5.41) is 2.92. The van der Waals surface area contributed by atoms with Gasteiger partial charge in [-0.15, -0.1) is 0 Å². The van der Waals surface area contributed by atoms with Crippen molar-refractivity contribution in [1.82, 2.24) is 5.32 Å². The van der Waals surface area contributed by atoms with Crippen LogP contribution in [0.4, 0.5) is 0 Å². The van der Waals surface area contributed by atoms with Crippen molar-refractivity contribution in [1.29, 1.82) is 0 Å². The normalized spacial score (nSPS) is 16.5. The average molecular weight is 319 g/mol. The second-order valence-electron chi connectivity index (χ2n) is 6.00. The molecule has 0 unspecified atom stereocenters. The fraction of sp³-hybridized carbons (Fsp3) is 0.556. The summed E-state index contributed by atoms with van der Waals surface area (Å²) in [5.74, 6) is 0.168. The molecule has 5 nitrogen and oxygen atoms in total. The molecule has 0 aliphatic heterocycles. The van der Waals surface area contributed by atoms with Crippen LogP contribution in [0.5, 0.6) is 5.75 Å². The molecule has 1 saturated carbocycles. The van der Waals surface area contributed by atoms with E-state index in [9.17, 15) is 9.59 Å². The zero-order valence-corrected chi connectivity index (χ0v) is 14.1. The molecule has 23 heavy (non-hydrogen) atoms. The number of methoxy groups -OCH3 is 1. The third-order valence-corrected chi connectivity index (χ3v) is 4.37. The molecule has 0 saturated heterocycles. The largest absolute Gasteiger partial charge is 0.494 e. The molecule has 5 heteroatoms. The SMILES string of the molecule is CCOc1ccc(C(=O)NC2(C(=O)OC)CCCCC2)cc1C. The molecule has 0 radical (unpaired) electrons. The lowest BCUT2D eigenvalue weighted by Gasteiger charge is -2.35. The van der Waals surface area contributed by atoms with E-state index >= 15 is 0 Å². The van der Waals surface area contributed by atoms with E-state index < -0.39 is 5.54 Å². The fourth-order valence-electron chi connectivity index (χ4n) is 3.13. The van der Waals surface area contributed by atoms with Gasteiger partial charge in [-0.1, -0.05) is 19.3 Å². The maximum Gasteiger partial charge on any atom is 0.331 e. The van der Waals surface area contributed by atoms with Crippen LogP contribution in [0.25, 0.3) is 0 Å². The van der Waals surface area contributed by atoms with Gasteiger partial charge in [0.2, 0.25) is 0 Å². The molecule has 1 aliphatic carbocycles. The Hall–Kier alpha value is -2.04. The Balaban J connectivity index is 2.18. The van der Waals surface area contributed by atoms with E-state index in [1.54, 1.807) is 18.2 Å². The highest BCUT2D eigenvalue weighted by Crippen LogP contribution is 2.30. The minimum atomic E-state index is -0.892. The van der Waals surface area contributed by atoms with Crippen LogP contribution in [-0.2, 0) is 9.53 Å². The fourth-order valence-corrected chi connectivity index (χ4v) is 3.13. The van der Waals surface area contributed by atoms with Crippen LogP contribution in [0.1, 0.15) is 54.9 Å². The molecular formula is C18H25NO4. The molecule has 0 spiro atoms. The molecule has 1 aromatic carbocycles. The van der Waals surface area contributed by atoms with Crippen molar-refractivity contribution in [2.45, 2.75) is 51.5 Å². The van der Waals surface area contributed by atoms with Gasteiger partial charge in [-0.3, -0.25) is 4.79 Å². The Kier molecular flexibility index (Phi) is 5.64. The molecule has 126 valence electrons. The highest BCUT2D eigenvalue weighted by Gasteiger charge is 2.42. The van der Waals surface area contributed by atoms with E-state index in [0.29, 0.717) is 25.0 Å². The average Bonchev–Trinajstić information content (AvgIpc) is 2.56. The van der Waals surface area contributed by atoms with E-state index in [2.05, 4.69) is 5.32 Å². The van der Waals surface area contributed by atoms with Gasteiger partial charge in [-0.2, -0.15) is 0 Å². The molecule has 0 aromatic heterocycles. The maximum absolute atomic E-state index is 12.6. The topological polar surface area (TPSA) is 64.6 Å². The Morgan fingerprint density at radius 3 is 2.48 bits per heavy atom. The van der Waals surface area contributed by atoms with Crippen LogP contribution >= 0.6 is 0 Å². The van der Waals surface area contributed by atoms with Gasteiger partial charge in [0.15, 0.2) is 0 Å². The third-order valence-electron chi connectivity index (χ3n) is 4.37. The number of rotatable bonds is 5. The zero-order valence-electron chi connectivity index (χ0n) is 14.1. The van der Waals surface area contributed by atoms with Gasteiger partial charge in [0, 0.05) is 5.56 Å². The number of esters is 1. The Morgan fingerprint density at radius 2 is 1.91 bits per heavy atom. The monoisotopic (exact) mass is 319 g/mol. The number of ether oxygens (including phenoxy) is 2. The second kappa shape index (κ2) is 7.49. The summed E-state index contributed by atoms with van der Waals surface area (Å²) in [6, 6.07) is 5.30. The van der Waals surface area contributed by atoms with Crippen LogP contribution in [0.15, 0.2) is 18.2 Å². The highest BCUT2D eigenvalue weighted by atomic mass is 16.5. The zero-order chi connectivity index (χ0) is 16.9. The summed E-state index contributed by atoms with van der Waals surface area (Å²) in [5.41, 5.74) is 0.534. The van der Waals surface area contributed by atoms with E-state index in [-0.39, 0.29) is 11.9 Å². The molecule has 1 aliphatic rings. The highest BCUT2D eigenvalue weighted by molar-refractivity contribution is 5.98. The van der Waals surface area contributed by atoms with Crippen LogP contribution in [0.2, 0.25) is 0 Å². The number of carbonyl (C=O) groups is 2. The molecule has 0 bridgehead atoms. The van der Waals surface area contributed by atoms with Crippen LogP contribution in [0, 0.1) is 6.92 Å². The van der Waals surface area contributed by atoms with Crippen molar-refractivity contribution in [3.05, 3.63) is 29.3 Å². The van der Waals surface area contributed by atoms with Crippen molar-refractivity contribution in [3.8, 4) is 5.75 Å². The lowest BCUT2D eigenvalue weighted by atomic mass is 9.81. The van der Waals surface area contributed by atoms with Gasteiger partial charge in [-0.25, -0.2) is 4.79 Å². The lowest BCUT2D eigenvalue weighted by Crippen LogP contribution is -2.56.